The van der Waals surface area contributed by atoms with Crippen molar-refractivity contribution in [2.45, 2.75) is 19.5 Å². The highest BCUT2D eigenvalue weighted by atomic mass is 19.2. The first kappa shape index (κ1) is 24.1. The van der Waals surface area contributed by atoms with Gasteiger partial charge in [-0.3, -0.25) is 4.79 Å². The quantitative estimate of drug-likeness (QED) is 0.407. The number of hydrogen-bond acceptors (Lipinski definition) is 4. The molecule has 4 aromatic rings. The first-order valence-corrected chi connectivity index (χ1v) is 11.6. The molecule has 0 atom stereocenters. The van der Waals surface area contributed by atoms with Gasteiger partial charge in [0, 0.05) is 31.3 Å². The maximum absolute atomic E-state index is 13.7. The fraction of sp³-hybridized carbons (Fsp3) is 0.148. The van der Waals surface area contributed by atoms with Gasteiger partial charge in [-0.15, -0.1) is 0 Å². The molecule has 0 fully saturated rings. The van der Waals surface area contributed by atoms with E-state index in [-0.39, 0.29) is 36.7 Å². The Bertz CT molecular complexity index is 1520. The SMILES string of the molecule is O=C(Nc1ccc(F)c(F)c1)N1CCc2nc(NCc3cccc(F)c3)n(-c3ccccc3)c(=O)c2C1. The monoisotopic (exact) mass is 505 g/mol. The topological polar surface area (TPSA) is 79.3 Å². The molecule has 0 bridgehead atoms. The first-order valence-electron chi connectivity index (χ1n) is 11.6. The van der Waals surface area contributed by atoms with Gasteiger partial charge < -0.3 is 15.5 Å². The Labute approximate surface area is 210 Å². The van der Waals surface area contributed by atoms with E-state index in [2.05, 4.69) is 10.6 Å². The van der Waals surface area contributed by atoms with E-state index in [9.17, 15) is 22.8 Å². The molecule has 0 radical (unpaired) electrons. The van der Waals surface area contributed by atoms with Gasteiger partial charge in [0.2, 0.25) is 5.95 Å². The molecule has 0 saturated carbocycles. The Kier molecular flexibility index (Phi) is 6.63. The number of halogens is 3. The van der Waals surface area contributed by atoms with Crippen molar-refractivity contribution < 1.29 is 18.0 Å². The molecule has 37 heavy (non-hydrogen) atoms. The van der Waals surface area contributed by atoms with Crippen molar-refractivity contribution >= 4 is 17.7 Å². The number of amides is 2. The fourth-order valence-corrected chi connectivity index (χ4v) is 4.19. The number of benzene rings is 3. The Morgan fingerprint density at radius 2 is 1.76 bits per heavy atom. The second-order valence-corrected chi connectivity index (χ2v) is 8.55. The third-order valence-corrected chi connectivity index (χ3v) is 6.04. The lowest BCUT2D eigenvalue weighted by molar-refractivity contribution is 0.205. The molecule has 1 aromatic heterocycles. The summed E-state index contributed by atoms with van der Waals surface area (Å²) in [6, 6.07) is 17.6. The van der Waals surface area contributed by atoms with E-state index >= 15 is 0 Å². The van der Waals surface area contributed by atoms with E-state index in [1.165, 1.54) is 27.7 Å². The molecule has 1 aliphatic heterocycles. The fourth-order valence-electron chi connectivity index (χ4n) is 4.19. The lowest BCUT2D eigenvalue weighted by atomic mass is 10.1. The van der Waals surface area contributed by atoms with Crippen molar-refractivity contribution in [3.8, 4) is 5.69 Å². The zero-order valence-electron chi connectivity index (χ0n) is 19.5. The number of aromatic nitrogens is 2. The normalized spacial score (nSPS) is 12.7. The summed E-state index contributed by atoms with van der Waals surface area (Å²) in [6.45, 7) is 0.514. The minimum atomic E-state index is -1.07. The van der Waals surface area contributed by atoms with Crippen molar-refractivity contribution in [1.82, 2.24) is 14.5 Å². The van der Waals surface area contributed by atoms with Crippen LogP contribution in [0.4, 0.5) is 29.6 Å². The van der Waals surface area contributed by atoms with E-state index in [0.29, 0.717) is 34.9 Å². The largest absolute Gasteiger partial charge is 0.351 e. The number of anilines is 2. The molecular formula is C27H22F3N5O2. The van der Waals surface area contributed by atoms with Crippen LogP contribution in [0.15, 0.2) is 77.6 Å². The van der Waals surface area contributed by atoms with E-state index < -0.39 is 17.7 Å². The molecule has 0 aliphatic carbocycles. The molecule has 188 valence electrons. The molecule has 0 saturated heterocycles. The summed E-state index contributed by atoms with van der Waals surface area (Å²) in [5, 5.41) is 5.69. The van der Waals surface area contributed by atoms with E-state index in [4.69, 9.17) is 4.98 Å². The van der Waals surface area contributed by atoms with Crippen molar-refractivity contribution in [1.29, 1.82) is 0 Å². The molecule has 7 nitrogen and oxygen atoms in total. The Morgan fingerprint density at radius 3 is 2.51 bits per heavy atom. The average Bonchev–Trinajstić information content (AvgIpc) is 2.90. The van der Waals surface area contributed by atoms with Gasteiger partial charge in [0.05, 0.1) is 23.5 Å². The summed E-state index contributed by atoms with van der Waals surface area (Å²) in [7, 11) is 0. The van der Waals surface area contributed by atoms with Gasteiger partial charge in [0.1, 0.15) is 5.82 Å². The smallest absolute Gasteiger partial charge is 0.322 e. The van der Waals surface area contributed by atoms with Crippen molar-refractivity contribution in [2.24, 2.45) is 0 Å². The summed E-state index contributed by atoms with van der Waals surface area (Å²) in [6.07, 6.45) is 0.319. The van der Waals surface area contributed by atoms with Crippen LogP contribution in [0.5, 0.6) is 0 Å². The van der Waals surface area contributed by atoms with Crippen LogP contribution in [0.2, 0.25) is 0 Å². The highest BCUT2D eigenvalue weighted by Crippen LogP contribution is 2.21. The summed E-state index contributed by atoms with van der Waals surface area (Å²) in [5.41, 5.74) is 1.93. The summed E-state index contributed by atoms with van der Waals surface area (Å²) in [5.74, 6) is -2.15. The minimum Gasteiger partial charge on any atom is -0.351 e. The Balaban J connectivity index is 1.44. The van der Waals surface area contributed by atoms with Crippen molar-refractivity contribution in [3.63, 3.8) is 0 Å². The van der Waals surface area contributed by atoms with Crippen LogP contribution in [0.3, 0.4) is 0 Å². The molecule has 2 amide bonds. The summed E-state index contributed by atoms with van der Waals surface area (Å²) >= 11 is 0. The van der Waals surface area contributed by atoms with Crippen LogP contribution in [-0.2, 0) is 19.5 Å². The molecule has 0 unspecified atom stereocenters. The maximum Gasteiger partial charge on any atom is 0.322 e. The minimum absolute atomic E-state index is 0.00626. The number of urea groups is 1. The Morgan fingerprint density at radius 1 is 0.946 bits per heavy atom. The number of carbonyl (C=O) groups is 1. The number of hydrogen-bond donors (Lipinski definition) is 2. The predicted octanol–water partition coefficient (Wildman–Crippen LogP) is 4.85. The van der Waals surface area contributed by atoms with Gasteiger partial charge in [-0.05, 0) is 42.0 Å². The number of rotatable bonds is 5. The number of para-hydroxylation sites is 1. The van der Waals surface area contributed by atoms with Crippen LogP contribution in [0.1, 0.15) is 16.8 Å². The predicted molar refractivity (Wildman–Crippen MR) is 133 cm³/mol. The highest BCUT2D eigenvalue weighted by Gasteiger charge is 2.27. The van der Waals surface area contributed by atoms with Crippen LogP contribution < -0.4 is 16.2 Å². The standard InChI is InChI=1S/C27H22F3N5O2/c28-18-6-4-5-17(13-18)15-31-26-33-24-11-12-34(27(37)32-19-9-10-22(29)23(30)14-19)16-21(24)25(36)35(26)20-7-2-1-3-8-20/h1-10,13-14H,11-12,15-16H2,(H,31,33)(H,32,37). The van der Waals surface area contributed by atoms with Crippen LogP contribution in [0.25, 0.3) is 5.69 Å². The molecule has 3 aromatic carbocycles. The third kappa shape index (κ3) is 5.18. The van der Waals surface area contributed by atoms with Gasteiger partial charge in [0.25, 0.3) is 5.56 Å². The second-order valence-electron chi connectivity index (χ2n) is 8.55. The molecule has 2 N–H and O–H groups in total. The Hall–Kier alpha value is -4.60. The first-order chi connectivity index (χ1) is 17.9. The molecule has 1 aliphatic rings. The van der Waals surface area contributed by atoms with Crippen LogP contribution >= 0.6 is 0 Å². The van der Waals surface area contributed by atoms with Crippen LogP contribution in [0, 0.1) is 17.5 Å². The van der Waals surface area contributed by atoms with Gasteiger partial charge in [-0.2, -0.15) is 0 Å². The second kappa shape index (κ2) is 10.2. The lowest BCUT2D eigenvalue weighted by Gasteiger charge is -2.29. The van der Waals surface area contributed by atoms with Gasteiger partial charge in [-0.1, -0.05) is 30.3 Å². The van der Waals surface area contributed by atoms with E-state index in [1.54, 1.807) is 36.4 Å². The molecule has 10 heteroatoms. The molecule has 2 heterocycles. The summed E-state index contributed by atoms with van der Waals surface area (Å²) in [4.78, 5) is 32.6. The van der Waals surface area contributed by atoms with Crippen molar-refractivity contribution in [3.05, 3.63) is 117 Å². The van der Waals surface area contributed by atoms with E-state index in [1.807, 2.05) is 6.07 Å². The highest BCUT2D eigenvalue weighted by molar-refractivity contribution is 5.89. The number of nitrogens with zero attached hydrogens (tertiary/aromatic N) is 3. The third-order valence-electron chi connectivity index (χ3n) is 6.04. The zero-order chi connectivity index (χ0) is 25.9. The molecule has 5 rings (SSSR count). The zero-order valence-corrected chi connectivity index (χ0v) is 19.5. The van der Waals surface area contributed by atoms with E-state index in [0.717, 1.165) is 12.1 Å². The van der Waals surface area contributed by atoms with Gasteiger partial charge in [-0.25, -0.2) is 27.5 Å². The number of nitrogens with one attached hydrogen (secondary N) is 2. The van der Waals surface area contributed by atoms with Gasteiger partial charge >= 0.3 is 6.03 Å². The number of fused-ring (bicyclic) bond motifs is 1. The molecular weight excluding hydrogens is 483 g/mol. The number of carbonyl (C=O) groups excluding carboxylic acids is 1. The lowest BCUT2D eigenvalue weighted by Crippen LogP contribution is -2.43. The maximum atomic E-state index is 13.7. The van der Waals surface area contributed by atoms with Gasteiger partial charge in [0.15, 0.2) is 11.6 Å². The summed E-state index contributed by atoms with van der Waals surface area (Å²) < 4.78 is 41.8. The van der Waals surface area contributed by atoms with Crippen molar-refractivity contribution in [2.75, 3.05) is 17.2 Å². The van der Waals surface area contributed by atoms with Crippen LogP contribution in [-0.4, -0.2) is 27.0 Å². The average molecular weight is 506 g/mol. The molecule has 0 spiro atoms.